The van der Waals surface area contributed by atoms with Crippen LogP contribution < -0.4 is 10.6 Å². The third-order valence-electron chi connectivity index (χ3n) is 6.07. The molecule has 182 valence electrons. The normalized spacial score (nSPS) is 15.9. The smallest absolute Gasteiger partial charge is 0.229 e. The molecule has 1 atom stereocenters. The number of piperazine rings is 1. The summed E-state index contributed by atoms with van der Waals surface area (Å²) in [6.45, 7) is 6.12. The van der Waals surface area contributed by atoms with E-state index in [9.17, 15) is 8.60 Å². The van der Waals surface area contributed by atoms with E-state index >= 15 is 0 Å². The number of anilines is 4. The van der Waals surface area contributed by atoms with Crippen molar-refractivity contribution in [1.82, 2.24) is 24.2 Å². The summed E-state index contributed by atoms with van der Waals surface area (Å²) in [6, 6.07) is 15.2. The summed E-state index contributed by atoms with van der Waals surface area (Å²) in [7, 11) is -0.906. The van der Waals surface area contributed by atoms with E-state index < -0.39 is 11.0 Å². The first-order valence-electron chi connectivity index (χ1n) is 11.5. The summed E-state index contributed by atoms with van der Waals surface area (Å²) in [5, 5.41) is 6.86. The van der Waals surface area contributed by atoms with E-state index in [0.717, 1.165) is 49.6 Å². The summed E-state index contributed by atoms with van der Waals surface area (Å²) in [4.78, 5) is 14.3. The van der Waals surface area contributed by atoms with Crippen LogP contribution in [0.15, 0.2) is 54.7 Å². The maximum absolute atomic E-state index is 15.0. The van der Waals surface area contributed by atoms with Crippen molar-refractivity contribution in [3.63, 3.8) is 0 Å². The molecule has 0 aliphatic carbocycles. The van der Waals surface area contributed by atoms with Gasteiger partial charge in [-0.25, -0.2) is 17.9 Å². The van der Waals surface area contributed by atoms with Crippen molar-refractivity contribution in [1.29, 1.82) is 0 Å². The number of nitrogens with zero attached hydrogens (tertiary/aromatic N) is 4. The Kier molecular flexibility index (Phi) is 6.76. The van der Waals surface area contributed by atoms with Crippen LogP contribution in [0.4, 0.5) is 27.5 Å². The van der Waals surface area contributed by atoms with Crippen LogP contribution in [0.2, 0.25) is 0 Å². The molecule has 0 amide bonds. The number of hydrogen-bond donors (Lipinski definition) is 3. The Morgan fingerprint density at radius 3 is 2.71 bits per heavy atom. The zero-order valence-corrected chi connectivity index (χ0v) is 20.5. The molecule has 2 aromatic carbocycles. The Bertz CT molecular complexity index is 1370. The summed E-state index contributed by atoms with van der Waals surface area (Å²) in [5.41, 5.74) is 4.08. The number of halogens is 1. The third-order valence-corrected chi connectivity index (χ3v) is 7.17. The molecule has 1 aliphatic heterocycles. The van der Waals surface area contributed by atoms with E-state index in [1.165, 1.54) is 5.56 Å². The molecule has 10 heteroatoms. The van der Waals surface area contributed by atoms with Crippen molar-refractivity contribution in [3.8, 4) is 0 Å². The molecule has 0 radical (unpaired) electrons. The second kappa shape index (κ2) is 10.1. The standard InChI is InChI=1S/C25H28FN7OS/c1-17-14-20-21(28-17)6-7-22(24(20)26)30-23-8-9-27-25(31-23)29-19-5-3-4-18(15-19)16-32-10-12-33(13-11-32)35(2)34/h3-9,14-15,28H,10-13,16H2,1-2H3,(H2,27,29,30,31). The molecule has 1 unspecified atom stereocenters. The maximum atomic E-state index is 15.0. The van der Waals surface area contributed by atoms with Crippen LogP contribution in [-0.2, 0) is 17.5 Å². The highest BCUT2D eigenvalue weighted by Crippen LogP contribution is 2.27. The largest absolute Gasteiger partial charge is 0.359 e. The Balaban J connectivity index is 1.25. The van der Waals surface area contributed by atoms with Gasteiger partial charge >= 0.3 is 0 Å². The first-order valence-corrected chi connectivity index (χ1v) is 13.0. The van der Waals surface area contributed by atoms with Gasteiger partial charge in [0.05, 0.1) is 16.7 Å². The Labute approximate surface area is 206 Å². The van der Waals surface area contributed by atoms with E-state index in [4.69, 9.17) is 0 Å². The van der Waals surface area contributed by atoms with Crippen LogP contribution in [0.1, 0.15) is 11.3 Å². The number of H-pyrrole nitrogens is 1. The second-order valence-corrected chi connectivity index (χ2v) is 10.0. The molecule has 0 saturated carbocycles. The van der Waals surface area contributed by atoms with Gasteiger partial charge in [-0.05, 0) is 48.9 Å². The quantitative estimate of drug-likeness (QED) is 0.356. The minimum absolute atomic E-state index is 0.321. The van der Waals surface area contributed by atoms with Crippen molar-refractivity contribution in [2.45, 2.75) is 13.5 Å². The van der Waals surface area contributed by atoms with Gasteiger partial charge < -0.3 is 15.6 Å². The van der Waals surface area contributed by atoms with Gasteiger partial charge in [-0.3, -0.25) is 4.90 Å². The van der Waals surface area contributed by atoms with Gasteiger partial charge in [-0.2, -0.15) is 4.98 Å². The lowest BCUT2D eigenvalue weighted by molar-refractivity contribution is 0.186. The van der Waals surface area contributed by atoms with Gasteiger partial charge in [0.25, 0.3) is 0 Å². The fourth-order valence-corrected chi connectivity index (χ4v) is 4.99. The molecule has 0 spiro atoms. The van der Waals surface area contributed by atoms with Crippen LogP contribution in [0, 0.1) is 12.7 Å². The highest BCUT2D eigenvalue weighted by atomic mass is 32.2. The minimum atomic E-state index is -0.906. The van der Waals surface area contributed by atoms with Gasteiger partial charge in [0, 0.05) is 67.5 Å². The van der Waals surface area contributed by atoms with E-state index in [1.807, 2.05) is 29.4 Å². The van der Waals surface area contributed by atoms with Crippen molar-refractivity contribution < 1.29 is 8.60 Å². The molecule has 1 fully saturated rings. The average molecular weight is 494 g/mol. The molecule has 3 heterocycles. The van der Waals surface area contributed by atoms with Gasteiger partial charge in [-0.15, -0.1) is 0 Å². The molecule has 2 aromatic heterocycles. The summed E-state index contributed by atoms with van der Waals surface area (Å²) in [6.07, 6.45) is 3.37. The summed E-state index contributed by atoms with van der Waals surface area (Å²) >= 11 is 0. The molecule has 1 aliphatic rings. The van der Waals surface area contributed by atoms with Crippen molar-refractivity contribution in [2.24, 2.45) is 0 Å². The molecule has 0 bridgehead atoms. The first kappa shape index (κ1) is 23.4. The first-order chi connectivity index (χ1) is 16.9. The zero-order chi connectivity index (χ0) is 24.4. The molecule has 4 aromatic rings. The SMILES string of the molecule is Cc1cc2c(F)c(Nc3ccnc(Nc4cccc(CN5CCN(S(C)=O)CC5)c4)n3)ccc2[nH]1. The molecule has 3 N–H and O–H groups in total. The monoisotopic (exact) mass is 493 g/mol. The number of aryl methyl sites for hydroxylation is 1. The molecule has 8 nitrogen and oxygen atoms in total. The Hall–Kier alpha value is -3.34. The lowest BCUT2D eigenvalue weighted by Crippen LogP contribution is -2.46. The van der Waals surface area contributed by atoms with Gasteiger partial charge in [0.15, 0.2) is 5.82 Å². The predicted octanol–water partition coefficient (Wildman–Crippen LogP) is 4.30. The molecule has 1 saturated heterocycles. The fourth-order valence-electron chi connectivity index (χ4n) is 4.31. The molecule has 35 heavy (non-hydrogen) atoms. The van der Waals surface area contributed by atoms with E-state index in [2.05, 4.69) is 42.6 Å². The van der Waals surface area contributed by atoms with E-state index in [1.54, 1.807) is 30.7 Å². The minimum Gasteiger partial charge on any atom is -0.359 e. The van der Waals surface area contributed by atoms with Crippen LogP contribution in [-0.4, -0.2) is 60.8 Å². The number of hydrogen-bond acceptors (Lipinski definition) is 6. The van der Waals surface area contributed by atoms with Gasteiger partial charge in [0.2, 0.25) is 5.95 Å². The Morgan fingerprint density at radius 1 is 1.09 bits per heavy atom. The fraction of sp³-hybridized carbons (Fsp3) is 0.280. The highest BCUT2D eigenvalue weighted by Gasteiger charge is 2.19. The second-order valence-electron chi connectivity index (χ2n) is 8.69. The van der Waals surface area contributed by atoms with Crippen LogP contribution in [0.5, 0.6) is 0 Å². The number of aromatic nitrogens is 3. The number of aromatic amines is 1. The molecular weight excluding hydrogens is 465 g/mol. The summed E-state index contributed by atoms with van der Waals surface area (Å²) in [5.74, 6) is 0.596. The lowest BCUT2D eigenvalue weighted by Gasteiger charge is -2.33. The third kappa shape index (κ3) is 5.50. The van der Waals surface area contributed by atoms with Gasteiger partial charge in [-0.1, -0.05) is 12.1 Å². The zero-order valence-electron chi connectivity index (χ0n) is 19.7. The molecule has 5 rings (SSSR count). The van der Waals surface area contributed by atoms with Crippen molar-refractivity contribution in [2.75, 3.05) is 43.1 Å². The van der Waals surface area contributed by atoms with E-state index in [-0.39, 0.29) is 5.82 Å². The summed E-state index contributed by atoms with van der Waals surface area (Å²) < 4.78 is 28.6. The maximum Gasteiger partial charge on any atom is 0.229 e. The highest BCUT2D eigenvalue weighted by molar-refractivity contribution is 7.81. The van der Waals surface area contributed by atoms with E-state index in [0.29, 0.717) is 22.8 Å². The number of nitrogens with one attached hydrogen (secondary N) is 3. The topological polar surface area (TPSA) is 89.2 Å². The van der Waals surface area contributed by atoms with Gasteiger partial charge in [0.1, 0.15) is 5.82 Å². The molecular formula is C25H28FN7OS. The van der Waals surface area contributed by atoms with Crippen LogP contribution in [0.3, 0.4) is 0 Å². The Morgan fingerprint density at radius 2 is 1.91 bits per heavy atom. The number of rotatable bonds is 7. The number of benzene rings is 2. The van der Waals surface area contributed by atoms with Crippen molar-refractivity contribution >= 4 is 45.0 Å². The lowest BCUT2D eigenvalue weighted by atomic mass is 10.2. The van der Waals surface area contributed by atoms with Crippen molar-refractivity contribution in [3.05, 3.63) is 71.8 Å². The van der Waals surface area contributed by atoms with Crippen LogP contribution in [0.25, 0.3) is 10.9 Å². The van der Waals surface area contributed by atoms with Crippen LogP contribution >= 0.6 is 0 Å². The number of fused-ring (bicyclic) bond motifs is 1. The predicted molar refractivity (Wildman–Crippen MR) is 139 cm³/mol. The average Bonchev–Trinajstić information content (AvgIpc) is 3.23.